The molecule has 1 aliphatic rings. The fourth-order valence-electron chi connectivity index (χ4n) is 2.94. The summed E-state index contributed by atoms with van der Waals surface area (Å²) in [7, 11) is 0. The van der Waals surface area contributed by atoms with Gasteiger partial charge < -0.3 is 19.0 Å². The predicted octanol–water partition coefficient (Wildman–Crippen LogP) is 2.43. The number of hydrogen-bond donors (Lipinski definition) is 0. The van der Waals surface area contributed by atoms with Crippen LogP contribution in [0.2, 0.25) is 0 Å². The highest BCUT2D eigenvalue weighted by atomic mass is 16.5. The fourth-order valence-corrected chi connectivity index (χ4v) is 2.94. The van der Waals surface area contributed by atoms with Gasteiger partial charge in [-0.2, -0.15) is 0 Å². The van der Waals surface area contributed by atoms with Crippen molar-refractivity contribution >= 4 is 11.8 Å². The third kappa shape index (κ3) is 5.09. The smallest absolute Gasteiger partial charge is 0.242 e. The van der Waals surface area contributed by atoms with E-state index in [9.17, 15) is 9.59 Å². The summed E-state index contributed by atoms with van der Waals surface area (Å²) in [6.07, 6.45) is 3.64. The highest BCUT2D eigenvalue weighted by molar-refractivity contribution is 5.84. The van der Waals surface area contributed by atoms with Crippen LogP contribution in [0.25, 0.3) is 0 Å². The Balaban J connectivity index is 2.08. The highest BCUT2D eigenvalue weighted by Crippen LogP contribution is 2.18. The molecule has 134 valence electrons. The Labute approximate surface area is 143 Å². The molecule has 1 fully saturated rings. The Hall–Kier alpha value is -1.82. The summed E-state index contributed by atoms with van der Waals surface area (Å²) in [5.74, 6) is 0.532. The normalized spacial score (nSPS) is 17.8. The molecule has 1 saturated heterocycles. The highest BCUT2D eigenvalue weighted by Gasteiger charge is 2.30. The molecule has 0 aliphatic carbocycles. The summed E-state index contributed by atoms with van der Waals surface area (Å²) in [6, 6.07) is 3.66. The number of rotatable bonds is 6. The van der Waals surface area contributed by atoms with Crippen LogP contribution in [0.5, 0.6) is 0 Å². The Bertz CT molecular complexity index is 542. The van der Waals surface area contributed by atoms with Crippen LogP contribution in [-0.2, 0) is 20.9 Å². The van der Waals surface area contributed by atoms with Gasteiger partial charge in [0.2, 0.25) is 11.8 Å². The summed E-state index contributed by atoms with van der Waals surface area (Å²) < 4.78 is 11.1. The molecule has 24 heavy (non-hydrogen) atoms. The van der Waals surface area contributed by atoms with Crippen LogP contribution in [0, 0.1) is 0 Å². The van der Waals surface area contributed by atoms with Crippen molar-refractivity contribution in [2.75, 3.05) is 19.7 Å². The Morgan fingerprint density at radius 2 is 2.08 bits per heavy atom. The summed E-state index contributed by atoms with van der Waals surface area (Å²) in [6.45, 7) is 9.00. The van der Waals surface area contributed by atoms with E-state index in [2.05, 4.69) is 0 Å². The van der Waals surface area contributed by atoms with Gasteiger partial charge in [0.1, 0.15) is 12.3 Å². The number of carbonyl (C=O) groups excluding carboxylic acids is 2. The zero-order chi connectivity index (χ0) is 17.7. The molecule has 0 aromatic carbocycles. The topological polar surface area (TPSA) is 63.0 Å². The summed E-state index contributed by atoms with van der Waals surface area (Å²) in [4.78, 5) is 28.1. The first-order chi connectivity index (χ1) is 11.3. The zero-order valence-corrected chi connectivity index (χ0v) is 15.1. The third-order valence-corrected chi connectivity index (χ3v) is 4.21. The van der Waals surface area contributed by atoms with Gasteiger partial charge in [0, 0.05) is 25.6 Å². The second-order valence-corrected chi connectivity index (χ2v) is 7.26. The second-order valence-electron chi connectivity index (χ2n) is 7.26. The van der Waals surface area contributed by atoms with E-state index in [0.717, 1.165) is 25.2 Å². The molecular formula is C18H28N2O4. The number of carbonyl (C=O) groups is 2. The number of hydrogen-bond acceptors (Lipinski definition) is 4. The summed E-state index contributed by atoms with van der Waals surface area (Å²) >= 11 is 0. The molecule has 1 aromatic rings. The molecule has 0 bridgehead atoms. The summed E-state index contributed by atoms with van der Waals surface area (Å²) in [5, 5.41) is 0. The van der Waals surface area contributed by atoms with Crippen LogP contribution < -0.4 is 0 Å². The minimum absolute atomic E-state index is 0.0596. The summed E-state index contributed by atoms with van der Waals surface area (Å²) in [5.41, 5.74) is -0.401. The van der Waals surface area contributed by atoms with E-state index < -0.39 is 5.54 Å². The van der Waals surface area contributed by atoms with Gasteiger partial charge in [-0.05, 0) is 45.7 Å². The molecule has 2 rings (SSSR count). The molecule has 6 nitrogen and oxygen atoms in total. The molecule has 1 atom stereocenters. The number of nitrogens with zero attached hydrogens (tertiary/aromatic N) is 2. The van der Waals surface area contributed by atoms with Crippen molar-refractivity contribution in [2.45, 2.75) is 58.7 Å². The molecule has 2 amide bonds. The quantitative estimate of drug-likeness (QED) is 0.800. The maximum Gasteiger partial charge on any atom is 0.242 e. The molecule has 0 saturated carbocycles. The maximum absolute atomic E-state index is 12.9. The maximum atomic E-state index is 12.9. The third-order valence-electron chi connectivity index (χ3n) is 4.21. The van der Waals surface area contributed by atoms with E-state index in [-0.39, 0.29) is 24.5 Å². The van der Waals surface area contributed by atoms with Crippen molar-refractivity contribution in [2.24, 2.45) is 0 Å². The molecule has 0 radical (unpaired) electrons. The van der Waals surface area contributed by atoms with Gasteiger partial charge in [-0.25, -0.2) is 0 Å². The fraction of sp³-hybridized carbons (Fsp3) is 0.667. The van der Waals surface area contributed by atoms with Crippen LogP contribution in [0.1, 0.15) is 46.3 Å². The SMILES string of the molecule is CC(=O)N(CC(=O)N(Cc1ccco1)C[C@@H]1CCCO1)C(C)(C)C. The van der Waals surface area contributed by atoms with Crippen molar-refractivity contribution in [3.05, 3.63) is 24.2 Å². The van der Waals surface area contributed by atoms with Crippen molar-refractivity contribution in [1.82, 2.24) is 9.80 Å². The van der Waals surface area contributed by atoms with E-state index >= 15 is 0 Å². The van der Waals surface area contributed by atoms with E-state index in [4.69, 9.17) is 9.15 Å². The van der Waals surface area contributed by atoms with Crippen molar-refractivity contribution in [3.63, 3.8) is 0 Å². The van der Waals surface area contributed by atoms with Gasteiger partial charge in [0.25, 0.3) is 0 Å². The van der Waals surface area contributed by atoms with Crippen molar-refractivity contribution in [3.8, 4) is 0 Å². The van der Waals surface area contributed by atoms with Crippen molar-refractivity contribution < 1.29 is 18.7 Å². The lowest BCUT2D eigenvalue weighted by atomic mass is 10.1. The van der Waals surface area contributed by atoms with Gasteiger partial charge in [0.15, 0.2) is 0 Å². The monoisotopic (exact) mass is 336 g/mol. The van der Waals surface area contributed by atoms with E-state index in [0.29, 0.717) is 13.1 Å². The molecule has 6 heteroatoms. The van der Waals surface area contributed by atoms with Crippen LogP contribution in [0.4, 0.5) is 0 Å². The molecule has 2 heterocycles. The molecule has 1 aromatic heterocycles. The van der Waals surface area contributed by atoms with Gasteiger partial charge in [-0.1, -0.05) is 0 Å². The lowest BCUT2D eigenvalue weighted by Gasteiger charge is -2.36. The molecule has 1 aliphatic heterocycles. The van der Waals surface area contributed by atoms with E-state index in [1.807, 2.05) is 26.8 Å². The molecular weight excluding hydrogens is 308 g/mol. The standard InChI is InChI=1S/C18H28N2O4/c1-14(21)20(18(2,3)4)13-17(22)19(11-15-7-5-9-23-15)12-16-8-6-10-24-16/h5,7,9,16H,6,8,10-13H2,1-4H3/t16-/m0/s1. The lowest BCUT2D eigenvalue weighted by Crippen LogP contribution is -2.51. The lowest BCUT2D eigenvalue weighted by molar-refractivity contribution is -0.144. The first-order valence-corrected chi connectivity index (χ1v) is 8.47. The largest absolute Gasteiger partial charge is 0.467 e. The second kappa shape index (κ2) is 7.83. The van der Waals surface area contributed by atoms with Crippen LogP contribution in [0.15, 0.2) is 22.8 Å². The Kier molecular flexibility index (Phi) is 6.04. The predicted molar refractivity (Wildman–Crippen MR) is 90.2 cm³/mol. The van der Waals surface area contributed by atoms with Crippen LogP contribution in [-0.4, -0.2) is 53.0 Å². The van der Waals surface area contributed by atoms with Crippen molar-refractivity contribution in [1.29, 1.82) is 0 Å². The molecule has 0 unspecified atom stereocenters. The van der Waals surface area contributed by atoms with Gasteiger partial charge in [-0.15, -0.1) is 0 Å². The van der Waals surface area contributed by atoms with E-state index in [1.54, 1.807) is 22.1 Å². The minimum Gasteiger partial charge on any atom is -0.467 e. The zero-order valence-electron chi connectivity index (χ0n) is 15.1. The minimum atomic E-state index is -0.401. The first-order valence-electron chi connectivity index (χ1n) is 8.47. The molecule has 0 N–H and O–H groups in total. The van der Waals surface area contributed by atoms with Crippen LogP contribution >= 0.6 is 0 Å². The Morgan fingerprint density at radius 3 is 2.58 bits per heavy atom. The van der Waals surface area contributed by atoms with E-state index in [1.165, 1.54) is 6.92 Å². The Morgan fingerprint density at radius 1 is 1.33 bits per heavy atom. The number of furan rings is 1. The van der Waals surface area contributed by atoms with Gasteiger partial charge in [0.05, 0.1) is 18.9 Å². The van der Waals surface area contributed by atoms with Crippen LogP contribution in [0.3, 0.4) is 0 Å². The first kappa shape index (κ1) is 18.5. The molecule has 0 spiro atoms. The average Bonchev–Trinajstić information content (AvgIpc) is 3.15. The van der Waals surface area contributed by atoms with Gasteiger partial charge in [-0.3, -0.25) is 9.59 Å². The number of ether oxygens (including phenoxy) is 1. The number of amides is 2. The van der Waals surface area contributed by atoms with Gasteiger partial charge >= 0.3 is 0 Å². The average molecular weight is 336 g/mol.